The van der Waals surface area contributed by atoms with Crippen LogP contribution in [0.4, 0.5) is 0 Å². The summed E-state index contributed by atoms with van der Waals surface area (Å²) in [6, 6.07) is 1.75. The van der Waals surface area contributed by atoms with Crippen LogP contribution in [-0.2, 0) is 0 Å². The molecule has 0 spiro atoms. The van der Waals surface area contributed by atoms with Crippen molar-refractivity contribution in [1.29, 1.82) is 0 Å². The van der Waals surface area contributed by atoms with E-state index in [2.05, 4.69) is 36.5 Å². The molecule has 0 saturated carbocycles. The molecule has 0 fully saturated rings. The van der Waals surface area contributed by atoms with Crippen LogP contribution in [0.25, 0.3) is 9.69 Å². The molecule has 0 saturated heterocycles. The van der Waals surface area contributed by atoms with Gasteiger partial charge in [0, 0.05) is 5.56 Å². The van der Waals surface area contributed by atoms with Crippen LogP contribution in [0.3, 0.4) is 0 Å². The van der Waals surface area contributed by atoms with Gasteiger partial charge in [0.05, 0.1) is 0 Å². The van der Waals surface area contributed by atoms with Gasteiger partial charge in [-0.3, -0.25) is 0 Å². The summed E-state index contributed by atoms with van der Waals surface area (Å²) in [5.74, 6) is 0. The summed E-state index contributed by atoms with van der Waals surface area (Å²) >= 11 is 0. The third-order valence-electron chi connectivity index (χ3n) is 3.30. The molecule has 1 rings (SSSR count). The second kappa shape index (κ2) is 4.81. The van der Waals surface area contributed by atoms with Crippen molar-refractivity contribution in [3.8, 4) is 0 Å². The van der Waals surface area contributed by atoms with E-state index in [0.717, 1.165) is 11.1 Å². The summed E-state index contributed by atoms with van der Waals surface area (Å²) in [6.45, 7) is 22.6. The van der Waals surface area contributed by atoms with Gasteiger partial charge in [0.25, 0.3) is 6.54 Å². The van der Waals surface area contributed by atoms with Crippen molar-refractivity contribution in [2.75, 3.05) is 6.54 Å². The van der Waals surface area contributed by atoms with Crippen LogP contribution in [0.1, 0.15) is 33.9 Å². The number of nitrogens with zero attached hydrogens (tertiary/aromatic N) is 2. The standard InChI is InChI=1S/C14H16N2/c1-9-7-13(14(16-6)8-15-5)12(4)11(3)10(9)2/h7,14H,8H2,1-4H3. The molecule has 0 aliphatic carbocycles. The Bertz CT molecular complexity index is 487. The summed E-state index contributed by atoms with van der Waals surface area (Å²) < 4.78 is 0. The fourth-order valence-electron chi connectivity index (χ4n) is 1.88. The van der Waals surface area contributed by atoms with Crippen molar-refractivity contribution in [3.63, 3.8) is 0 Å². The highest BCUT2D eigenvalue weighted by atomic mass is 14.8. The molecule has 1 aromatic rings. The second-order valence-electron chi connectivity index (χ2n) is 4.14. The largest absolute Gasteiger partial charge is 0.319 e. The number of hydrogen-bond acceptors (Lipinski definition) is 0. The van der Waals surface area contributed by atoms with E-state index < -0.39 is 0 Å². The van der Waals surface area contributed by atoms with Gasteiger partial charge in [0.1, 0.15) is 0 Å². The SMILES string of the molecule is [C-]#[N+]CC([N+]#[C-])c1cc(C)c(C)c(C)c1C. The molecule has 0 bridgehead atoms. The van der Waals surface area contributed by atoms with Crippen molar-refractivity contribution >= 4 is 0 Å². The molecule has 0 aliphatic rings. The Morgan fingerprint density at radius 1 is 1.06 bits per heavy atom. The minimum Gasteiger partial charge on any atom is -0.308 e. The number of benzene rings is 1. The van der Waals surface area contributed by atoms with Crippen LogP contribution in [0.15, 0.2) is 6.07 Å². The maximum absolute atomic E-state index is 7.17. The summed E-state index contributed by atoms with van der Waals surface area (Å²) in [4.78, 5) is 6.90. The zero-order valence-corrected chi connectivity index (χ0v) is 10.3. The Hall–Kier alpha value is -1.80. The van der Waals surface area contributed by atoms with Crippen LogP contribution in [0.2, 0.25) is 0 Å². The van der Waals surface area contributed by atoms with Gasteiger partial charge in [-0.05, 0) is 56.0 Å². The van der Waals surface area contributed by atoms with E-state index in [1.54, 1.807) is 0 Å². The van der Waals surface area contributed by atoms with E-state index in [0.29, 0.717) is 0 Å². The van der Waals surface area contributed by atoms with Gasteiger partial charge in [-0.1, -0.05) is 0 Å². The molecule has 0 aliphatic heterocycles. The number of hydrogen-bond donors (Lipinski definition) is 0. The van der Waals surface area contributed by atoms with Gasteiger partial charge in [0.2, 0.25) is 0 Å². The Kier molecular flexibility index (Phi) is 3.69. The van der Waals surface area contributed by atoms with Gasteiger partial charge in [-0.25, -0.2) is 13.1 Å². The van der Waals surface area contributed by atoms with Crippen LogP contribution >= 0.6 is 0 Å². The van der Waals surface area contributed by atoms with Crippen molar-refractivity contribution in [2.24, 2.45) is 0 Å². The first-order chi connectivity index (χ1) is 7.52. The molecule has 2 nitrogen and oxygen atoms in total. The van der Waals surface area contributed by atoms with Gasteiger partial charge < -0.3 is 9.69 Å². The molecule has 1 aromatic carbocycles. The van der Waals surface area contributed by atoms with Crippen molar-refractivity contribution in [2.45, 2.75) is 33.7 Å². The predicted molar refractivity (Wildman–Crippen MR) is 66.2 cm³/mol. The van der Waals surface area contributed by atoms with Gasteiger partial charge in [-0.2, -0.15) is 0 Å². The predicted octanol–water partition coefficient (Wildman–Crippen LogP) is 3.80. The van der Waals surface area contributed by atoms with E-state index in [1.165, 1.54) is 16.7 Å². The quantitative estimate of drug-likeness (QED) is 0.659. The summed E-state index contributed by atoms with van der Waals surface area (Å²) in [5.41, 5.74) is 5.91. The molecule has 1 unspecified atom stereocenters. The molecule has 1 atom stereocenters. The van der Waals surface area contributed by atoms with Gasteiger partial charge in [-0.15, -0.1) is 0 Å². The molecular formula is C14H16N2. The highest BCUT2D eigenvalue weighted by Gasteiger charge is 2.23. The van der Waals surface area contributed by atoms with E-state index in [1.807, 2.05) is 6.92 Å². The fourth-order valence-corrected chi connectivity index (χ4v) is 1.88. The molecule has 0 amide bonds. The first-order valence-corrected chi connectivity index (χ1v) is 5.30. The fraction of sp³-hybridized carbons (Fsp3) is 0.429. The minimum absolute atomic E-state index is 0.256. The van der Waals surface area contributed by atoms with Crippen molar-refractivity contribution in [3.05, 3.63) is 56.7 Å². The van der Waals surface area contributed by atoms with Crippen LogP contribution in [-0.4, -0.2) is 6.54 Å². The smallest absolute Gasteiger partial charge is 0.308 e. The van der Waals surface area contributed by atoms with Crippen LogP contribution in [0.5, 0.6) is 0 Å². The van der Waals surface area contributed by atoms with Crippen molar-refractivity contribution < 1.29 is 0 Å². The first-order valence-electron chi connectivity index (χ1n) is 5.30. The molecule has 0 aromatic heterocycles. The average molecular weight is 212 g/mol. The van der Waals surface area contributed by atoms with Crippen LogP contribution in [0, 0.1) is 40.8 Å². The monoisotopic (exact) mass is 212 g/mol. The second-order valence-corrected chi connectivity index (χ2v) is 4.14. The van der Waals surface area contributed by atoms with Gasteiger partial charge >= 0.3 is 6.04 Å². The Morgan fingerprint density at radius 3 is 2.19 bits per heavy atom. The molecule has 0 heterocycles. The van der Waals surface area contributed by atoms with Gasteiger partial charge in [0.15, 0.2) is 0 Å². The zero-order valence-electron chi connectivity index (χ0n) is 10.3. The van der Waals surface area contributed by atoms with Crippen LogP contribution < -0.4 is 0 Å². The lowest BCUT2D eigenvalue weighted by Gasteiger charge is -2.13. The average Bonchev–Trinajstić information content (AvgIpc) is 2.28. The highest BCUT2D eigenvalue weighted by Crippen LogP contribution is 2.28. The van der Waals surface area contributed by atoms with E-state index in [9.17, 15) is 0 Å². The summed E-state index contributed by atoms with van der Waals surface area (Å²) in [7, 11) is 0. The zero-order chi connectivity index (χ0) is 12.3. The lowest BCUT2D eigenvalue weighted by molar-refractivity contribution is 0.898. The van der Waals surface area contributed by atoms with Crippen molar-refractivity contribution in [1.82, 2.24) is 0 Å². The molecular weight excluding hydrogens is 196 g/mol. The topological polar surface area (TPSA) is 8.72 Å². The molecule has 2 heteroatoms. The summed E-state index contributed by atoms with van der Waals surface area (Å²) in [5, 5.41) is 0. The Balaban J connectivity index is 3.36. The van der Waals surface area contributed by atoms with E-state index in [4.69, 9.17) is 13.1 Å². The maximum atomic E-state index is 7.17. The molecule has 0 N–H and O–H groups in total. The summed E-state index contributed by atoms with van der Waals surface area (Å²) in [6.07, 6.45) is 0. The van der Waals surface area contributed by atoms with E-state index >= 15 is 0 Å². The maximum Gasteiger partial charge on any atom is 0.319 e. The highest BCUT2D eigenvalue weighted by molar-refractivity contribution is 5.46. The molecule has 16 heavy (non-hydrogen) atoms. The normalized spacial score (nSPS) is 11.6. The lowest BCUT2D eigenvalue weighted by atomic mass is 9.91. The molecule has 82 valence electrons. The third kappa shape index (κ3) is 2.07. The van der Waals surface area contributed by atoms with E-state index in [-0.39, 0.29) is 12.6 Å². The Morgan fingerprint density at radius 2 is 1.69 bits per heavy atom. The number of aryl methyl sites for hydroxylation is 1. The lowest BCUT2D eigenvalue weighted by Crippen LogP contribution is -2.03. The number of rotatable bonds is 2. The minimum atomic E-state index is -0.310. The first kappa shape index (κ1) is 12.3. The molecule has 0 radical (unpaired) electrons. The Labute approximate surface area is 97.6 Å². The third-order valence-corrected chi connectivity index (χ3v) is 3.30.